The van der Waals surface area contributed by atoms with Crippen LogP contribution in [0.5, 0.6) is 0 Å². The SMILES string of the molecule is Fc1cccc(-c2nc[c]s2)c1F. The van der Waals surface area contributed by atoms with Gasteiger partial charge in [-0.1, -0.05) is 6.07 Å². The van der Waals surface area contributed by atoms with Crippen molar-refractivity contribution in [3.8, 4) is 10.6 Å². The number of hydrogen-bond acceptors (Lipinski definition) is 2. The van der Waals surface area contributed by atoms with E-state index in [1.54, 1.807) is 0 Å². The van der Waals surface area contributed by atoms with Crippen LogP contribution in [0, 0.1) is 17.0 Å². The van der Waals surface area contributed by atoms with E-state index in [0.29, 0.717) is 5.01 Å². The zero-order valence-electron chi connectivity index (χ0n) is 6.42. The van der Waals surface area contributed by atoms with Crippen LogP contribution in [0.3, 0.4) is 0 Å². The van der Waals surface area contributed by atoms with Crippen molar-refractivity contribution in [2.24, 2.45) is 0 Å². The van der Waals surface area contributed by atoms with Crippen LogP contribution in [0.4, 0.5) is 8.78 Å². The van der Waals surface area contributed by atoms with E-state index >= 15 is 0 Å². The first-order chi connectivity index (χ1) is 6.29. The summed E-state index contributed by atoms with van der Waals surface area (Å²) in [5.41, 5.74) is 0.186. The van der Waals surface area contributed by atoms with Gasteiger partial charge in [-0.05, 0) is 12.1 Å². The van der Waals surface area contributed by atoms with Gasteiger partial charge in [0.05, 0.1) is 5.38 Å². The molecule has 1 heterocycles. The van der Waals surface area contributed by atoms with Crippen LogP contribution in [0.1, 0.15) is 0 Å². The van der Waals surface area contributed by atoms with Crippen molar-refractivity contribution in [1.29, 1.82) is 0 Å². The minimum Gasteiger partial charge on any atom is -0.244 e. The zero-order valence-corrected chi connectivity index (χ0v) is 7.24. The molecule has 0 fully saturated rings. The highest BCUT2D eigenvalue weighted by molar-refractivity contribution is 7.12. The largest absolute Gasteiger partial charge is 0.244 e. The van der Waals surface area contributed by atoms with E-state index in [9.17, 15) is 8.78 Å². The lowest BCUT2D eigenvalue weighted by molar-refractivity contribution is 0.511. The smallest absolute Gasteiger partial charge is 0.169 e. The molecular formula is C9H4F2NS. The Balaban J connectivity index is 2.59. The molecule has 0 saturated carbocycles. The first-order valence-corrected chi connectivity index (χ1v) is 4.37. The van der Waals surface area contributed by atoms with Crippen LogP contribution >= 0.6 is 11.3 Å². The monoisotopic (exact) mass is 196 g/mol. The lowest BCUT2D eigenvalue weighted by Crippen LogP contribution is -1.87. The van der Waals surface area contributed by atoms with Gasteiger partial charge in [-0.2, -0.15) is 0 Å². The molecule has 0 spiro atoms. The number of aromatic nitrogens is 1. The number of thiazole rings is 1. The van der Waals surface area contributed by atoms with Crippen LogP contribution < -0.4 is 0 Å². The Morgan fingerprint density at radius 2 is 2.15 bits per heavy atom. The minimum atomic E-state index is -0.856. The normalized spacial score (nSPS) is 10.3. The minimum absolute atomic E-state index is 0.186. The first kappa shape index (κ1) is 8.31. The molecule has 13 heavy (non-hydrogen) atoms. The summed E-state index contributed by atoms with van der Waals surface area (Å²) in [4.78, 5) is 3.84. The van der Waals surface area contributed by atoms with Crippen LogP contribution in [0.2, 0.25) is 0 Å². The maximum absolute atomic E-state index is 13.1. The Morgan fingerprint density at radius 1 is 1.31 bits per heavy atom. The summed E-state index contributed by atoms with van der Waals surface area (Å²) in [6.45, 7) is 0. The molecule has 1 radical (unpaired) electrons. The third-order valence-corrected chi connectivity index (χ3v) is 2.31. The Hall–Kier alpha value is -1.29. The fourth-order valence-electron chi connectivity index (χ4n) is 0.987. The second-order valence-corrected chi connectivity index (χ2v) is 3.21. The Morgan fingerprint density at radius 3 is 2.85 bits per heavy atom. The molecule has 1 aromatic carbocycles. The molecule has 0 saturated heterocycles. The van der Waals surface area contributed by atoms with Gasteiger partial charge in [-0.15, -0.1) is 11.3 Å². The van der Waals surface area contributed by atoms with Crippen molar-refractivity contribution >= 4 is 11.3 Å². The van der Waals surface area contributed by atoms with Crippen molar-refractivity contribution in [3.63, 3.8) is 0 Å². The summed E-state index contributed by atoms with van der Waals surface area (Å²) in [5, 5.41) is 3.16. The van der Waals surface area contributed by atoms with Gasteiger partial charge < -0.3 is 0 Å². The quantitative estimate of drug-likeness (QED) is 0.683. The average molecular weight is 196 g/mol. The zero-order chi connectivity index (χ0) is 9.26. The molecule has 0 aliphatic heterocycles. The molecule has 1 aromatic heterocycles. The molecule has 0 aliphatic carbocycles. The molecular weight excluding hydrogens is 192 g/mol. The topological polar surface area (TPSA) is 12.9 Å². The van der Waals surface area contributed by atoms with Crippen molar-refractivity contribution in [1.82, 2.24) is 4.98 Å². The van der Waals surface area contributed by atoms with Gasteiger partial charge >= 0.3 is 0 Å². The molecule has 2 rings (SSSR count). The first-order valence-electron chi connectivity index (χ1n) is 3.55. The Labute approximate surface area is 77.7 Å². The van der Waals surface area contributed by atoms with Crippen LogP contribution in [-0.4, -0.2) is 4.98 Å². The van der Waals surface area contributed by atoms with E-state index in [0.717, 1.165) is 17.4 Å². The van der Waals surface area contributed by atoms with Crippen molar-refractivity contribution in [2.75, 3.05) is 0 Å². The summed E-state index contributed by atoms with van der Waals surface area (Å²) in [5.74, 6) is -1.71. The summed E-state index contributed by atoms with van der Waals surface area (Å²) < 4.78 is 25.9. The summed E-state index contributed by atoms with van der Waals surface area (Å²) >= 11 is 1.16. The standard InChI is InChI=1S/C9H4F2NS/c10-7-3-1-2-6(8(7)11)9-12-4-5-13-9/h1-4H. The molecule has 0 atom stereocenters. The van der Waals surface area contributed by atoms with E-state index in [4.69, 9.17) is 0 Å². The lowest BCUT2D eigenvalue weighted by atomic mass is 10.2. The fraction of sp³-hybridized carbons (Fsp3) is 0. The third kappa shape index (κ3) is 1.45. The van der Waals surface area contributed by atoms with Crippen molar-refractivity contribution < 1.29 is 8.78 Å². The summed E-state index contributed by atoms with van der Waals surface area (Å²) in [6, 6.07) is 4.02. The highest BCUT2D eigenvalue weighted by Crippen LogP contribution is 2.25. The second-order valence-electron chi connectivity index (χ2n) is 2.38. The Bertz CT molecular complexity index is 412. The highest BCUT2D eigenvalue weighted by atomic mass is 32.1. The van der Waals surface area contributed by atoms with Gasteiger partial charge in [-0.25, -0.2) is 13.8 Å². The van der Waals surface area contributed by atoms with Gasteiger partial charge in [0, 0.05) is 11.8 Å². The van der Waals surface area contributed by atoms with E-state index < -0.39 is 11.6 Å². The van der Waals surface area contributed by atoms with E-state index in [-0.39, 0.29) is 5.56 Å². The third-order valence-electron chi connectivity index (χ3n) is 1.57. The number of halogens is 2. The maximum Gasteiger partial charge on any atom is 0.169 e. The number of rotatable bonds is 1. The van der Waals surface area contributed by atoms with Crippen LogP contribution in [0.15, 0.2) is 24.4 Å². The van der Waals surface area contributed by atoms with E-state index in [1.165, 1.54) is 18.3 Å². The van der Waals surface area contributed by atoms with E-state index in [2.05, 4.69) is 10.4 Å². The Kier molecular flexibility index (Phi) is 2.06. The molecule has 2 aromatic rings. The summed E-state index contributed by atoms with van der Waals surface area (Å²) in [6.07, 6.45) is 1.43. The maximum atomic E-state index is 13.1. The summed E-state index contributed by atoms with van der Waals surface area (Å²) in [7, 11) is 0. The highest BCUT2D eigenvalue weighted by Gasteiger charge is 2.10. The molecule has 0 unspecified atom stereocenters. The molecule has 0 aliphatic rings. The van der Waals surface area contributed by atoms with Crippen LogP contribution in [0.25, 0.3) is 10.6 Å². The molecule has 0 amide bonds. The lowest BCUT2D eigenvalue weighted by Gasteiger charge is -1.98. The number of nitrogens with zero attached hydrogens (tertiary/aromatic N) is 1. The number of hydrogen-bond donors (Lipinski definition) is 0. The van der Waals surface area contributed by atoms with Gasteiger partial charge in [0.1, 0.15) is 5.01 Å². The molecule has 0 bridgehead atoms. The van der Waals surface area contributed by atoms with Gasteiger partial charge in [0.25, 0.3) is 0 Å². The fourth-order valence-corrected chi connectivity index (χ4v) is 1.58. The van der Waals surface area contributed by atoms with Gasteiger partial charge in [0.2, 0.25) is 0 Å². The van der Waals surface area contributed by atoms with Crippen LogP contribution in [-0.2, 0) is 0 Å². The van der Waals surface area contributed by atoms with Crippen molar-refractivity contribution in [2.45, 2.75) is 0 Å². The predicted molar refractivity (Wildman–Crippen MR) is 46.3 cm³/mol. The second kappa shape index (κ2) is 3.22. The molecule has 1 nitrogen and oxygen atoms in total. The predicted octanol–water partition coefficient (Wildman–Crippen LogP) is 2.89. The molecule has 4 heteroatoms. The number of benzene rings is 1. The van der Waals surface area contributed by atoms with Gasteiger partial charge in [0.15, 0.2) is 11.6 Å². The van der Waals surface area contributed by atoms with Crippen molar-refractivity contribution in [3.05, 3.63) is 41.4 Å². The molecule has 0 N–H and O–H groups in total. The molecule has 65 valence electrons. The van der Waals surface area contributed by atoms with E-state index in [1.807, 2.05) is 0 Å². The van der Waals surface area contributed by atoms with Gasteiger partial charge in [-0.3, -0.25) is 0 Å². The average Bonchev–Trinajstić information content (AvgIpc) is 2.62.